The number of hydrogen-bond donors (Lipinski definition) is 1. The lowest BCUT2D eigenvalue weighted by molar-refractivity contribution is -0.190. The highest BCUT2D eigenvalue weighted by atomic mass is 16.6. The van der Waals surface area contributed by atoms with E-state index in [0.717, 1.165) is 25.7 Å². The largest absolute Gasteiger partial charge is 0.461 e. The van der Waals surface area contributed by atoms with Crippen molar-refractivity contribution in [3.05, 3.63) is 12.7 Å². The van der Waals surface area contributed by atoms with Crippen molar-refractivity contribution in [2.24, 2.45) is 11.8 Å². The molecule has 1 saturated heterocycles. The predicted octanol–water partition coefficient (Wildman–Crippen LogP) is 3.54. The number of allylic oxidation sites excluding steroid dienone is 1. The topological polar surface area (TPSA) is 81.7 Å². The van der Waals surface area contributed by atoms with Gasteiger partial charge in [-0.3, -0.25) is 9.59 Å². The van der Waals surface area contributed by atoms with Crippen LogP contribution in [0.4, 0.5) is 0 Å². The Morgan fingerprint density at radius 3 is 2.63 bits per heavy atom. The van der Waals surface area contributed by atoms with Crippen LogP contribution in [0.15, 0.2) is 12.7 Å². The Balaban J connectivity index is 2.62. The molecule has 0 aromatic heterocycles. The van der Waals surface area contributed by atoms with E-state index in [1.54, 1.807) is 6.08 Å². The molecule has 1 fully saturated rings. The SMILES string of the molecule is C=CCC[C@@H](C[C@@H]1OC(=O)[C@H]1CCCCCC)OC(=O)C(NC=O)C(C)C. The van der Waals surface area contributed by atoms with Crippen LogP contribution in [0, 0.1) is 11.8 Å². The number of hydrogen-bond acceptors (Lipinski definition) is 5. The summed E-state index contributed by atoms with van der Waals surface area (Å²) < 4.78 is 11.0. The molecule has 0 radical (unpaired) electrons. The average Bonchev–Trinajstić information content (AvgIpc) is 2.62. The van der Waals surface area contributed by atoms with Crippen LogP contribution < -0.4 is 5.32 Å². The maximum Gasteiger partial charge on any atom is 0.329 e. The number of nitrogens with one attached hydrogen (secondary N) is 1. The second-order valence-electron chi connectivity index (χ2n) is 7.60. The molecule has 0 aromatic rings. The van der Waals surface area contributed by atoms with Crippen molar-refractivity contribution in [3.63, 3.8) is 0 Å². The van der Waals surface area contributed by atoms with Crippen LogP contribution in [0.25, 0.3) is 0 Å². The monoisotopic (exact) mass is 381 g/mol. The van der Waals surface area contributed by atoms with Crippen molar-refractivity contribution >= 4 is 18.3 Å². The summed E-state index contributed by atoms with van der Waals surface area (Å²) in [6, 6.07) is -0.678. The molecule has 0 aromatic carbocycles. The summed E-state index contributed by atoms with van der Waals surface area (Å²) in [7, 11) is 0. The lowest BCUT2D eigenvalue weighted by Gasteiger charge is -2.37. The van der Waals surface area contributed by atoms with Gasteiger partial charge in [-0.15, -0.1) is 6.58 Å². The molecule has 1 aliphatic heterocycles. The van der Waals surface area contributed by atoms with Gasteiger partial charge >= 0.3 is 11.9 Å². The van der Waals surface area contributed by atoms with Crippen LogP contribution in [-0.2, 0) is 23.9 Å². The molecule has 0 saturated carbocycles. The molecular formula is C21H35NO5. The van der Waals surface area contributed by atoms with E-state index in [9.17, 15) is 14.4 Å². The van der Waals surface area contributed by atoms with E-state index in [1.807, 2.05) is 13.8 Å². The van der Waals surface area contributed by atoms with Crippen molar-refractivity contribution in [2.75, 3.05) is 0 Å². The lowest BCUT2D eigenvalue weighted by atomic mass is 9.86. The Morgan fingerprint density at radius 1 is 1.33 bits per heavy atom. The molecule has 1 unspecified atom stereocenters. The van der Waals surface area contributed by atoms with E-state index in [4.69, 9.17) is 9.47 Å². The molecule has 0 aliphatic carbocycles. The van der Waals surface area contributed by atoms with Crippen molar-refractivity contribution in [3.8, 4) is 0 Å². The van der Waals surface area contributed by atoms with Crippen LogP contribution in [0.3, 0.4) is 0 Å². The molecule has 0 bridgehead atoms. The fourth-order valence-electron chi connectivity index (χ4n) is 3.34. The van der Waals surface area contributed by atoms with Crippen LogP contribution in [0.1, 0.15) is 72.1 Å². The minimum Gasteiger partial charge on any atom is -0.461 e. The smallest absolute Gasteiger partial charge is 0.329 e. The van der Waals surface area contributed by atoms with Gasteiger partial charge in [-0.05, 0) is 25.2 Å². The Labute approximate surface area is 163 Å². The summed E-state index contributed by atoms with van der Waals surface area (Å²) in [5, 5.41) is 2.52. The minimum absolute atomic E-state index is 0.0735. The number of cyclic esters (lactones) is 1. The van der Waals surface area contributed by atoms with Gasteiger partial charge in [0.2, 0.25) is 6.41 Å². The molecule has 1 heterocycles. The molecule has 1 N–H and O–H groups in total. The number of ether oxygens (including phenoxy) is 2. The first kappa shape index (κ1) is 23.2. The fourth-order valence-corrected chi connectivity index (χ4v) is 3.34. The number of esters is 2. The maximum absolute atomic E-state index is 12.4. The third kappa shape index (κ3) is 7.73. The molecule has 1 rings (SSSR count). The van der Waals surface area contributed by atoms with Gasteiger partial charge in [0.25, 0.3) is 0 Å². The van der Waals surface area contributed by atoms with Gasteiger partial charge in [0.15, 0.2) is 0 Å². The molecule has 4 atom stereocenters. The van der Waals surface area contributed by atoms with Gasteiger partial charge in [0.05, 0.1) is 5.92 Å². The minimum atomic E-state index is -0.678. The Morgan fingerprint density at radius 2 is 2.07 bits per heavy atom. The summed E-state index contributed by atoms with van der Waals surface area (Å²) in [4.78, 5) is 35.0. The molecular weight excluding hydrogens is 346 g/mol. The number of carbonyl (C=O) groups is 3. The molecule has 154 valence electrons. The van der Waals surface area contributed by atoms with E-state index in [2.05, 4.69) is 18.8 Å². The highest BCUT2D eigenvalue weighted by Gasteiger charge is 2.43. The first-order valence-corrected chi connectivity index (χ1v) is 10.2. The summed E-state index contributed by atoms with van der Waals surface area (Å²) >= 11 is 0. The van der Waals surface area contributed by atoms with E-state index in [-0.39, 0.29) is 30.0 Å². The van der Waals surface area contributed by atoms with E-state index >= 15 is 0 Å². The zero-order chi connectivity index (χ0) is 20.2. The van der Waals surface area contributed by atoms with E-state index < -0.39 is 12.0 Å². The van der Waals surface area contributed by atoms with E-state index in [1.165, 1.54) is 6.42 Å². The van der Waals surface area contributed by atoms with Gasteiger partial charge in [-0.25, -0.2) is 4.79 Å². The fraction of sp³-hybridized carbons (Fsp3) is 0.762. The van der Waals surface area contributed by atoms with Gasteiger partial charge in [-0.2, -0.15) is 0 Å². The summed E-state index contributed by atoms with van der Waals surface area (Å²) in [6.07, 6.45) is 8.85. The van der Waals surface area contributed by atoms with Crippen molar-refractivity contribution in [1.82, 2.24) is 5.32 Å². The summed E-state index contributed by atoms with van der Waals surface area (Å²) in [6.45, 7) is 9.57. The second kappa shape index (κ2) is 12.5. The Kier molecular flexibility index (Phi) is 10.8. The standard InChI is InChI=1S/C21H35NO5/c1-5-7-9-10-12-17-18(27-20(17)24)13-16(11-8-6-2)26-21(25)19(15(3)4)22-14-23/h6,14-19H,2,5,7-13H2,1,3-4H3,(H,22,23)/t16-,17-,18-,19?/m0/s1. The van der Waals surface area contributed by atoms with Gasteiger partial charge in [-0.1, -0.05) is 52.5 Å². The highest BCUT2D eigenvalue weighted by molar-refractivity contribution is 5.79. The van der Waals surface area contributed by atoms with Crippen molar-refractivity contribution in [2.45, 2.75) is 90.4 Å². The third-order valence-corrected chi connectivity index (χ3v) is 5.03. The number of unbranched alkanes of at least 4 members (excludes halogenated alkanes) is 3. The quantitative estimate of drug-likeness (QED) is 0.203. The molecule has 6 nitrogen and oxygen atoms in total. The summed E-state index contributed by atoms with van der Waals surface area (Å²) in [5.41, 5.74) is 0. The highest BCUT2D eigenvalue weighted by Crippen LogP contribution is 2.32. The normalized spacial score (nSPS) is 21.0. The summed E-state index contributed by atoms with van der Waals surface area (Å²) in [5.74, 6) is -0.763. The average molecular weight is 382 g/mol. The van der Waals surface area contributed by atoms with Gasteiger partial charge < -0.3 is 14.8 Å². The van der Waals surface area contributed by atoms with Gasteiger partial charge in [0.1, 0.15) is 18.2 Å². The molecule has 6 heteroatoms. The van der Waals surface area contributed by atoms with Crippen molar-refractivity contribution < 1.29 is 23.9 Å². The van der Waals surface area contributed by atoms with Crippen LogP contribution >= 0.6 is 0 Å². The molecule has 1 aliphatic rings. The van der Waals surface area contributed by atoms with Crippen molar-refractivity contribution in [1.29, 1.82) is 0 Å². The Bertz CT molecular complexity index is 491. The second-order valence-corrected chi connectivity index (χ2v) is 7.60. The first-order valence-electron chi connectivity index (χ1n) is 10.2. The predicted molar refractivity (Wildman–Crippen MR) is 104 cm³/mol. The zero-order valence-corrected chi connectivity index (χ0v) is 16.9. The zero-order valence-electron chi connectivity index (χ0n) is 16.9. The van der Waals surface area contributed by atoms with Gasteiger partial charge in [0, 0.05) is 6.42 Å². The van der Waals surface area contributed by atoms with Crippen LogP contribution in [0.5, 0.6) is 0 Å². The molecule has 0 spiro atoms. The third-order valence-electron chi connectivity index (χ3n) is 5.03. The number of carbonyl (C=O) groups excluding carboxylic acids is 3. The number of amides is 1. The van der Waals surface area contributed by atoms with Crippen LogP contribution in [-0.4, -0.2) is 36.6 Å². The Hall–Kier alpha value is -1.85. The lowest BCUT2D eigenvalue weighted by Crippen LogP contribution is -2.48. The molecule has 1 amide bonds. The van der Waals surface area contributed by atoms with E-state index in [0.29, 0.717) is 25.7 Å². The first-order chi connectivity index (χ1) is 12.9. The molecule has 27 heavy (non-hydrogen) atoms. The van der Waals surface area contributed by atoms with Crippen LogP contribution in [0.2, 0.25) is 0 Å². The maximum atomic E-state index is 12.4. The number of rotatable bonds is 15.